The monoisotopic (exact) mass is 291 g/mol. The third kappa shape index (κ3) is 4.21. The third-order valence-corrected chi connectivity index (χ3v) is 4.38. The van der Waals surface area contributed by atoms with Crippen LogP contribution in [-0.2, 0) is 11.2 Å². The first-order chi connectivity index (χ1) is 10.1. The largest absolute Gasteiger partial charge is 0.493 e. The molecule has 0 heterocycles. The van der Waals surface area contributed by atoms with Crippen LogP contribution >= 0.6 is 0 Å². The average Bonchev–Trinajstić information content (AvgIpc) is 2.89. The first-order valence-electron chi connectivity index (χ1n) is 8.10. The van der Waals surface area contributed by atoms with Gasteiger partial charge in [-0.05, 0) is 56.8 Å². The minimum Gasteiger partial charge on any atom is -0.493 e. The lowest BCUT2D eigenvalue weighted by Crippen LogP contribution is -2.25. The zero-order valence-corrected chi connectivity index (χ0v) is 13.9. The maximum absolute atomic E-state index is 6.03. The first-order valence-corrected chi connectivity index (χ1v) is 8.10. The van der Waals surface area contributed by atoms with Gasteiger partial charge in [-0.25, -0.2) is 0 Å². The van der Waals surface area contributed by atoms with E-state index in [0.29, 0.717) is 12.6 Å². The molecule has 0 amide bonds. The lowest BCUT2D eigenvalue weighted by atomic mass is 10.1. The van der Waals surface area contributed by atoms with Crippen molar-refractivity contribution < 1.29 is 9.47 Å². The van der Waals surface area contributed by atoms with Crippen LogP contribution in [0.25, 0.3) is 0 Å². The van der Waals surface area contributed by atoms with E-state index in [1.165, 1.54) is 24.0 Å². The molecule has 0 radical (unpaired) electrons. The van der Waals surface area contributed by atoms with Crippen LogP contribution in [0.5, 0.6) is 5.75 Å². The number of benzene rings is 1. The van der Waals surface area contributed by atoms with Gasteiger partial charge in [0, 0.05) is 19.6 Å². The van der Waals surface area contributed by atoms with Crippen molar-refractivity contribution in [2.45, 2.75) is 58.1 Å². The Morgan fingerprint density at radius 1 is 1.33 bits per heavy atom. The molecule has 1 unspecified atom stereocenters. The minimum atomic E-state index is -0.122. The molecular weight excluding hydrogens is 262 g/mol. The van der Waals surface area contributed by atoms with E-state index < -0.39 is 0 Å². The van der Waals surface area contributed by atoms with Gasteiger partial charge in [0.15, 0.2) is 0 Å². The Labute approximate surface area is 129 Å². The SMILES string of the molecule is CCCNC1CCc2c(OCCC(C)(C)OC)cccc21. The van der Waals surface area contributed by atoms with Crippen molar-refractivity contribution in [3.8, 4) is 5.75 Å². The van der Waals surface area contributed by atoms with Crippen LogP contribution in [0.4, 0.5) is 0 Å². The smallest absolute Gasteiger partial charge is 0.122 e. The van der Waals surface area contributed by atoms with Crippen molar-refractivity contribution >= 4 is 0 Å². The van der Waals surface area contributed by atoms with Crippen molar-refractivity contribution in [1.82, 2.24) is 5.32 Å². The predicted octanol–water partition coefficient (Wildman–Crippen LogP) is 3.87. The van der Waals surface area contributed by atoms with Gasteiger partial charge in [-0.15, -0.1) is 0 Å². The van der Waals surface area contributed by atoms with E-state index in [1.807, 2.05) is 0 Å². The summed E-state index contributed by atoms with van der Waals surface area (Å²) < 4.78 is 11.5. The topological polar surface area (TPSA) is 30.5 Å². The van der Waals surface area contributed by atoms with Crippen molar-refractivity contribution in [2.75, 3.05) is 20.3 Å². The maximum atomic E-state index is 6.03. The van der Waals surface area contributed by atoms with Crippen LogP contribution in [0.3, 0.4) is 0 Å². The fourth-order valence-corrected chi connectivity index (χ4v) is 2.80. The molecule has 0 saturated carbocycles. The van der Waals surface area contributed by atoms with Gasteiger partial charge in [0.2, 0.25) is 0 Å². The highest BCUT2D eigenvalue weighted by molar-refractivity contribution is 5.45. The summed E-state index contributed by atoms with van der Waals surface area (Å²) in [5.74, 6) is 1.06. The molecule has 21 heavy (non-hydrogen) atoms. The van der Waals surface area contributed by atoms with Crippen molar-refractivity contribution in [1.29, 1.82) is 0 Å². The Bertz CT molecular complexity index is 457. The molecule has 1 aromatic rings. The van der Waals surface area contributed by atoms with Gasteiger partial charge in [0.25, 0.3) is 0 Å². The molecule has 1 atom stereocenters. The number of hydrogen-bond donors (Lipinski definition) is 1. The standard InChI is InChI=1S/C18H29NO2/c1-5-12-19-16-10-9-15-14(16)7-6-8-17(15)21-13-11-18(2,3)20-4/h6-8,16,19H,5,9-13H2,1-4H3. The number of nitrogens with one attached hydrogen (secondary N) is 1. The van der Waals surface area contributed by atoms with Gasteiger partial charge < -0.3 is 14.8 Å². The van der Waals surface area contributed by atoms with Crippen LogP contribution in [0.1, 0.15) is 57.2 Å². The Hall–Kier alpha value is -1.06. The lowest BCUT2D eigenvalue weighted by molar-refractivity contribution is 0.00538. The number of methoxy groups -OCH3 is 1. The molecule has 118 valence electrons. The van der Waals surface area contributed by atoms with Crippen LogP contribution in [0.2, 0.25) is 0 Å². The summed E-state index contributed by atoms with van der Waals surface area (Å²) in [6, 6.07) is 6.95. The first kappa shape index (κ1) is 16.3. The molecule has 0 saturated heterocycles. The fraction of sp³-hybridized carbons (Fsp3) is 0.667. The Morgan fingerprint density at radius 3 is 2.86 bits per heavy atom. The van der Waals surface area contributed by atoms with E-state index in [9.17, 15) is 0 Å². The second-order valence-electron chi connectivity index (χ2n) is 6.43. The fourth-order valence-electron chi connectivity index (χ4n) is 2.80. The molecule has 0 aliphatic heterocycles. The van der Waals surface area contributed by atoms with E-state index in [-0.39, 0.29) is 5.60 Å². The summed E-state index contributed by atoms with van der Waals surface area (Å²) in [7, 11) is 1.75. The zero-order chi connectivity index (χ0) is 15.3. The van der Waals surface area contributed by atoms with E-state index >= 15 is 0 Å². The van der Waals surface area contributed by atoms with Gasteiger partial charge in [0.1, 0.15) is 5.75 Å². The van der Waals surface area contributed by atoms with Crippen molar-refractivity contribution in [3.63, 3.8) is 0 Å². The molecule has 2 rings (SSSR count). The lowest BCUT2D eigenvalue weighted by Gasteiger charge is -2.23. The third-order valence-electron chi connectivity index (χ3n) is 4.38. The molecule has 1 aliphatic rings. The van der Waals surface area contributed by atoms with Gasteiger partial charge in [-0.1, -0.05) is 19.1 Å². The highest BCUT2D eigenvalue weighted by Gasteiger charge is 2.25. The quantitative estimate of drug-likeness (QED) is 0.788. The van der Waals surface area contributed by atoms with Gasteiger partial charge in [0.05, 0.1) is 12.2 Å². The van der Waals surface area contributed by atoms with Crippen LogP contribution < -0.4 is 10.1 Å². The minimum absolute atomic E-state index is 0.122. The molecule has 3 nitrogen and oxygen atoms in total. The predicted molar refractivity (Wildman–Crippen MR) is 87.0 cm³/mol. The summed E-state index contributed by atoms with van der Waals surface area (Å²) in [6.07, 6.45) is 4.36. The van der Waals surface area contributed by atoms with E-state index in [1.54, 1.807) is 7.11 Å². The molecule has 0 spiro atoms. The van der Waals surface area contributed by atoms with Gasteiger partial charge in [-0.2, -0.15) is 0 Å². The summed E-state index contributed by atoms with van der Waals surface area (Å²) in [6.45, 7) is 8.18. The molecule has 1 aromatic carbocycles. The van der Waals surface area contributed by atoms with Crippen molar-refractivity contribution in [3.05, 3.63) is 29.3 Å². The Balaban J connectivity index is 1.98. The highest BCUT2D eigenvalue weighted by atomic mass is 16.5. The highest BCUT2D eigenvalue weighted by Crippen LogP contribution is 2.37. The molecule has 0 aromatic heterocycles. The molecule has 1 aliphatic carbocycles. The Morgan fingerprint density at radius 2 is 2.14 bits per heavy atom. The van der Waals surface area contributed by atoms with Crippen molar-refractivity contribution in [2.24, 2.45) is 0 Å². The number of fused-ring (bicyclic) bond motifs is 1. The second kappa shape index (κ2) is 7.28. The normalized spacial score (nSPS) is 17.8. The summed E-state index contributed by atoms with van der Waals surface area (Å²) in [5.41, 5.74) is 2.69. The van der Waals surface area contributed by atoms with E-state index in [4.69, 9.17) is 9.47 Å². The zero-order valence-electron chi connectivity index (χ0n) is 13.9. The van der Waals surface area contributed by atoms with E-state index in [0.717, 1.165) is 25.1 Å². The van der Waals surface area contributed by atoms with Gasteiger partial charge >= 0.3 is 0 Å². The number of hydrogen-bond acceptors (Lipinski definition) is 3. The molecule has 0 fully saturated rings. The van der Waals surface area contributed by atoms with Crippen LogP contribution in [0.15, 0.2) is 18.2 Å². The summed E-state index contributed by atoms with van der Waals surface area (Å²) in [4.78, 5) is 0. The maximum Gasteiger partial charge on any atom is 0.122 e. The Kier molecular flexibility index (Phi) is 5.65. The van der Waals surface area contributed by atoms with E-state index in [2.05, 4.69) is 44.3 Å². The number of ether oxygens (including phenoxy) is 2. The summed E-state index contributed by atoms with van der Waals surface area (Å²) >= 11 is 0. The number of rotatable bonds is 8. The molecule has 3 heteroatoms. The summed E-state index contributed by atoms with van der Waals surface area (Å²) in [5, 5.41) is 3.63. The van der Waals surface area contributed by atoms with Crippen LogP contribution in [0, 0.1) is 0 Å². The molecule has 0 bridgehead atoms. The molecular formula is C18H29NO2. The van der Waals surface area contributed by atoms with Gasteiger partial charge in [-0.3, -0.25) is 0 Å². The second-order valence-corrected chi connectivity index (χ2v) is 6.43. The average molecular weight is 291 g/mol. The van der Waals surface area contributed by atoms with Crippen LogP contribution in [-0.4, -0.2) is 25.9 Å². The molecule has 1 N–H and O–H groups in total.